The summed E-state index contributed by atoms with van der Waals surface area (Å²) in [5, 5.41) is 3.00. The second-order valence-electron chi connectivity index (χ2n) is 6.18. The molecule has 0 radical (unpaired) electrons. The summed E-state index contributed by atoms with van der Waals surface area (Å²) in [4.78, 5) is 12.2. The smallest absolute Gasteiger partial charge is 0.220 e. The van der Waals surface area contributed by atoms with Gasteiger partial charge in [0.2, 0.25) is 5.91 Å². The summed E-state index contributed by atoms with van der Waals surface area (Å²) >= 11 is 0. The van der Waals surface area contributed by atoms with E-state index in [0.29, 0.717) is 0 Å². The zero-order chi connectivity index (χ0) is 17.1. The molecular weight excluding hydrogens is 346 g/mol. The van der Waals surface area contributed by atoms with Gasteiger partial charge in [0.1, 0.15) is 0 Å². The first-order chi connectivity index (χ1) is 11.5. The minimum atomic E-state index is -0.883. The number of nitrogen functional groups attached to an aromatic ring is 1. The van der Waals surface area contributed by atoms with Gasteiger partial charge in [-0.05, 0) is 60.6 Å². The van der Waals surface area contributed by atoms with Crippen molar-refractivity contribution in [3.05, 3.63) is 64.7 Å². The predicted octanol–water partition coefficient (Wildman–Crippen LogP) is 4.10. The standard InChI is InChI=1S/C19H20F2N2O.ClH/c20-16-5-1-3-12(19(16)21)7-10-18(24)23-17-6-2-4-13-11-14(22)8-9-15(13)17;/h1,3,5,8-9,11,17H,2,4,6-7,10,22H2,(H,23,24);1H. The Morgan fingerprint density at radius 3 is 2.84 bits per heavy atom. The highest BCUT2D eigenvalue weighted by Crippen LogP contribution is 2.31. The van der Waals surface area contributed by atoms with Gasteiger partial charge in [0.15, 0.2) is 11.6 Å². The van der Waals surface area contributed by atoms with Crippen LogP contribution in [0.4, 0.5) is 14.5 Å². The lowest BCUT2D eigenvalue weighted by Crippen LogP contribution is -2.31. The number of carbonyl (C=O) groups excluding carboxylic acids is 1. The summed E-state index contributed by atoms with van der Waals surface area (Å²) in [7, 11) is 0. The molecule has 134 valence electrons. The highest BCUT2D eigenvalue weighted by Gasteiger charge is 2.22. The highest BCUT2D eigenvalue weighted by atomic mass is 35.5. The summed E-state index contributed by atoms with van der Waals surface area (Å²) in [5.74, 6) is -1.91. The molecule has 1 aliphatic carbocycles. The van der Waals surface area contributed by atoms with Crippen molar-refractivity contribution in [2.45, 2.75) is 38.1 Å². The van der Waals surface area contributed by atoms with Gasteiger partial charge in [-0.2, -0.15) is 0 Å². The lowest BCUT2D eigenvalue weighted by atomic mass is 9.87. The minimum absolute atomic E-state index is 0. The fraction of sp³-hybridized carbons (Fsp3) is 0.316. The average Bonchev–Trinajstić information content (AvgIpc) is 2.56. The molecule has 0 bridgehead atoms. The first-order valence-electron chi connectivity index (χ1n) is 8.15. The quantitative estimate of drug-likeness (QED) is 0.800. The molecular formula is C19H21ClF2N2O. The number of aryl methyl sites for hydroxylation is 2. The van der Waals surface area contributed by atoms with Crippen molar-refractivity contribution in [2.24, 2.45) is 0 Å². The van der Waals surface area contributed by atoms with Crippen LogP contribution in [0.25, 0.3) is 0 Å². The average molecular weight is 367 g/mol. The van der Waals surface area contributed by atoms with Crippen LogP contribution >= 0.6 is 12.4 Å². The van der Waals surface area contributed by atoms with Crippen LogP contribution in [-0.4, -0.2) is 5.91 Å². The number of carbonyl (C=O) groups is 1. The van der Waals surface area contributed by atoms with Gasteiger partial charge in [-0.1, -0.05) is 18.2 Å². The number of anilines is 1. The maximum absolute atomic E-state index is 13.6. The zero-order valence-corrected chi connectivity index (χ0v) is 14.5. The fourth-order valence-corrected chi connectivity index (χ4v) is 3.24. The molecule has 0 aliphatic heterocycles. The molecule has 0 saturated carbocycles. The topological polar surface area (TPSA) is 55.1 Å². The summed E-state index contributed by atoms with van der Waals surface area (Å²) in [6, 6.07) is 9.74. The molecule has 0 heterocycles. The van der Waals surface area contributed by atoms with Crippen LogP contribution in [0.15, 0.2) is 36.4 Å². The molecule has 0 aromatic heterocycles. The molecule has 1 aliphatic rings. The SMILES string of the molecule is Cl.Nc1ccc2c(c1)CCCC2NC(=O)CCc1cccc(F)c1F. The maximum atomic E-state index is 13.6. The molecule has 3 rings (SSSR count). The first kappa shape index (κ1) is 19.2. The third-order valence-corrected chi connectivity index (χ3v) is 4.47. The molecule has 1 amide bonds. The van der Waals surface area contributed by atoms with Gasteiger partial charge < -0.3 is 11.1 Å². The van der Waals surface area contributed by atoms with Crippen LogP contribution in [0.1, 0.15) is 42.0 Å². The number of benzene rings is 2. The van der Waals surface area contributed by atoms with Gasteiger partial charge in [-0.15, -0.1) is 12.4 Å². The third-order valence-electron chi connectivity index (χ3n) is 4.47. The molecule has 3 nitrogen and oxygen atoms in total. The Morgan fingerprint density at radius 1 is 1.24 bits per heavy atom. The van der Waals surface area contributed by atoms with E-state index in [1.165, 1.54) is 17.7 Å². The van der Waals surface area contributed by atoms with E-state index in [0.717, 1.165) is 36.6 Å². The normalized spacial score (nSPS) is 15.8. The molecule has 2 aromatic rings. The van der Waals surface area contributed by atoms with Crippen LogP contribution in [-0.2, 0) is 17.6 Å². The van der Waals surface area contributed by atoms with Crippen molar-refractivity contribution in [1.29, 1.82) is 0 Å². The number of halogens is 3. The minimum Gasteiger partial charge on any atom is -0.399 e. The monoisotopic (exact) mass is 366 g/mol. The van der Waals surface area contributed by atoms with Crippen LogP contribution in [0.3, 0.4) is 0 Å². The number of nitrogens with one attached hydrogen (secondary N) is 1. The molecule has 1 unspecified atom stereocenters. The zero-order valence-electron chi connectivity index (χ0n) is 13.7. The van der Waals surface area contributed by atoms with Crippen molar-refractivity contribution in [3.8, 4) is 0 Å². The third kappa shape index (κ3) is 4.48. The Kier molecular flexibility index (Phi) is 6.37. The Bertz CT molecular complexity index is 767. The van der Waals surface area contributed by atoms with Gasteiger partial charge in [-0.25, -0.2) is 8.78 Å². The van der Waals surface area contributed by atoms with Crippen LogP contribution in [0, 0.1) is 11.6 Å². The largest absolute Gasteiger partial charge is 0.399 e. The summed E-state index contributed by atoms with van der Waals surface area (Å²) in [6.07, 6.45) is 3.12. The van der Waals surface area contributed by atoms with Crippen molar-refractivity contribution < 1.29 is 13.6 Å². The molecule has 3 N–H and O–H groups in total. The lowest BCUT2D eigenvalue weighted by Gasteiger charge is -2.26. The van der Waals surface area contributed by atoms with Crippen molar-refractivity contribution in [3.63, 3.8) is 0 Å². The van der Waals surface area contributed by atoms with Gasteiger partial charge in [0.25, 0.3) is 0 Å². The van der Waals surface area contributed by atoms with E-state index < -0.39 is 11.6 Å². The van der Waals surface area contributed by atoms with E-state index in [1.807, 2.05) is 18.2 Å². The van der Waals surface area contributed by atoms with Crippen molar-refractivity contribution >= 4 is 24.0 Å². The summed E-state index contributed by atoms with van der Waals surface area (Å²) in [6.45, 7) is 0. The second kappa shape index (κ2) is 8.30. The van der Waals surface area contributed by atoms with E-state index in [2.05, 4.69) is 5.32 Å². The number of hydrogen-bond donors (Lipinski definition) is 2. The number of hydrogen-bond acceptors (Lipinski definition) is 2. The van der Waals surface area contributed by atoms with E-state index in [9.17, 15) is 13.6 Å². The Balaban J connectivity index is 0.00000225. The van der Waals surface area contributed by atoms with Crippen molar-refractivity contribution in [1.82, 2.24) is 5.32 Å². The number of fused-ring (bicyclic) bond motifs is 1. The fourth-order valence-electron chi connectivity index (χ4n) is 3.24. The van der Waals surface area contributed by atoms with E-state index in [1.54, 1.807) is 0 Å². The second-order valence-corrected chi connectivity index (χ2v) is 6.18. The Labute approximate surface area is 152 Å². The van der Waals surface area contributed by atoms with Crippen molar-refractivity contribution in [2.75, 3.05) is 5.73 Å². The lowest BCUT2D eigenvalue weighted by molar-refractivity contribution is -0.121. The molecule has 0 saturated heterocycles. The van der Waals surface area contributed by atoms with Crippen LogP contribution in [0.5, 0.6) is 0 Å². The number of amides is 1. The van der Waals surface area contributed by atoms with Crippen LogP contribution in [0.2, 0.25) is 0 Å². The Hall–Kier alpha value is -2.14. The predicted molar refractivity (Wildman–Crippen MR) is 96.6 cm³/mol. The first-order valence-corrected chi connectivity index (χ1v) is 8.15. The number of nitrogens with two attached hydrogens (primary N) is 1. The van der Waals surface area contributed by atoms with E-state index in [-0.39, 0.29) is 42.8 Å². The molecule has 6 heteroatoms. The molecule has 2 aromatic carbocycles. The maximum Gasteiger partial charge on any atom is 0.220 e. The Morgan fingerprint density at radius 2 is 2.04 bits per heavy atom. The molecule has 0 fully saturated rings. The summed E-state index contributed by atoms with van der Waals surface area (Å²) < 4.78 is 26.8. The summed E-state index contributed by atoms with van der Waals surface area (Å²) in [5.41, 5.74) is 9.03. The molecule has 25 heavy (non-hydrogen) atoms. The number of rotatable bonds is 4. The van der Waals surface area contributed by atoms with Gasteiger partial charge >= 0.3 is 0 Å². The van der Waals surface area contributed by atoms with Gasteiger partial charge in [0.05, 0.1) is 6.04 Å². The van der Waals surface area contributed by atoms with E-state index in [4.69, 9.17) is 5.73 Å². The van der Waals surface area contributed by atoms with Gasteiger partial charge in [0, 0.05) is 12.1 Å². The molecule has 0 spiro atoms. The molecule has 1 atom stereocenters. The van der Waals surface area contributed by atoms with E-state index >= 15 is 0 Å². The van der Waals surface area contributed by atoms with Crippen LogP contribution < -0.4 is 11.1 Å². The highest BCUT2D eigenvalue weighted by molar-refractivity contribution is 5.85. The van der Waals surface area contributed by atoms with Gasteiger partial charge in [-0.3, -0.25) is 4.79 Å².